The highest BCUT2D eigenvalue weighted by atomic mass is 16.5. The molecule has 3 nitrogen and oxygen atoms in total. The van der Waals surface area contributed by atoms with E-state index in [4.69, 9.17) is 15.5 Å². The van der Waals surface area contributed by atoms with Gasteiger partial charge in [-0.15, -0.1) is 0 Å². The summed E-state index contributed by atoms with van der Waals surface area (Å²) in [5, 5.41) is 0. The minimum atomic E-state index is 0.469. The van der Waals surface area contributed by atoms with Crippen molar-refractivity contribution in [3.05, 3.63) is 82.7 Å². The fourth-order valence-corrected chi connectivity index (χ4v) is 3.54. The minimum absolute atomic E-state index is 0.469. The van der Waals surface area contributed by atoms with Crippen LogP contribution in [-0.4, -0.2) is 4.98 Å². The third-order valence-electron chi connectivity index (χ3n) is 4.96. The normalized spacial score (nSPS) is 11.1. The topological polar surface area (TPSA) is 48.1 Å². The second-order valence-electron chi connectivity index (χ2n) is 7.75. The molecule has 0 saturated carbocycles. The molecule has 0 spiro atoms. The summed E-state index contributed by atoms with van der Waals surface area (Å²) in [6.07, 6.45) is 0.923. The molecule has 3 heteroatoms. The van der Waals surface area contributed by atoms with Crippen LogP contribution in [0.25, 0.3) is 11.1 Å². The van der Waals surface area contributed by atoms with Gasteiger partial charge in [-0.2, -0.15) is 0 Å². The van der Waals surface area contributed by atoms with E-state index in [-0.39, 0.29) is 0 Å². The molecule has 0 saturated heterocycles. The molecule has 0 fully saturated rings. The molecule has 146 valence electrons. The molecule has 3 aromatic rings. The number of para-hydroxylation sites is 1. The van der Waals surface area contributed by atoms with Crippen LogP contribution >= 0.6 is 0 Å². The molecule has 2 N–H and O–H groups in total. The molecule has 0 radical (unpaired) electrons. The van der Waals surface area contributed by atoms with Crippen LogP contribution in [0.3, 0.4) is 0 Å². The maximum absolute atomic E-state index is 6.24. The maximum Gasteiger partial charge on any atom is 0.119 e. The fraction of sp³-hybridized carbons (Fsp3) is 0.320. The Labute approximate surface area is 168 Å². The number of benzene rings is 2. The molecular weight excluding hydrogens is 344 g/mol. The van der Waals surface area contributed by atoms with Crippen molar-refractivity contribution in [2.24, 2.45) is 11.7 Å². The van der Waals surface area contributed by atoms with E-state index in [1.165, 1.54) is 16.7 Å². The first-order valence-corrected chi connectivity index (χ1v) is 9.95. The summed E-state index contributed by atoms with van der Waals surface area (Å²) in [6, 6.07) is 18.6. The highest BCUT2D eigenvalue weighted by Crippen LogP contribution is 2.33. The molecule has 1 aromatic heterocycles. The molecule has 2 aromatic carbocycles. The summed E-state index contributed by atoms with van der Waals surface area (Å²) in [5.74, 6) is 1.38. The van der Waals surface area contributed by atoms with Crippen molar-refractivity contribution in [3.63, 3.8) is 0 Å². The van der Waals surface area contributed by atoms with Crippen LogP contribution in [0.15, 0.2) is 54.6 Å². The van der Waals surface area contributed by atoms with Crippen molar-refractivity contribution in [3.8, 4) is 16.9 Å². The van der Waals surface area contributed by atoms with Crippen LogP contribution < -0.4 is 10.5 Å². The second-order valence-corrected chi connectivity index (χ2v) is 7.75. The van der Waals surface area contributed by atoms with Gasteiger partial charge in [0.2, 0.25) is 0 Å². The van der Waals surface area contributed by atoms with E-state index in [2.05, 4.69) is 52.0 Å². The van der Waals surface area contributed by atoms with Gasteiger partial charge in [-0.05, 0) is 55.0 Å². The van der Waals surface area contributed by atoms with Crippen LogP contribution in [0.4, 0.5) is 0 Å². The zero-order valence-electron chi connectivity index (χ0n) is 17.3. The fourth-order valence-electron chi connectivity index (χ4n) is 3.54. The van der Waals surface area contributed by atoms with Crippen molar-refractivity contribution in [2.45, 2.75) is 47.3 Å². The number of aromatic nitrogens is 1. The van der Waals surface area contributed by atoms with Crippen LogP contribution in [0.2, 0.25) is 0 Å². The third-order valence-corrected chi connectivity index (χ3v) is 4.96. The molecule has 0 aliphatic heterocycles. The largest absolute Gasteiger partial charge is 0.489 e. The van der Waals surface area contributed by atoms with Gasteiger partial charge in [0.15, 0.2) is 0 Å². The summed E-state index contributed by atoms with van der Waals surface area (Å²) >= 11 is 0. The lowest BCUT2D eigenvalue weighted by Crippen LogP contribution is -2.14. The Kier molecular flexibility index (Phi) is 6.48. The number of rotatable bonds is 7. The number of nitrogens with zero attached hydrogens (tertiary/aromatic N) is 1. The summed E-state index contributed by atoms with van der Waals surface area (Å²) in [5.41, 5.74) is 14.2. The number of hydrogen-bond acceptors (Lipinski definition) is 3. The zero-order chi connectivity index (χ0) is 20.1. The highest BCUT2D eigenvalue weighted by molar-refractivity contribution is 5.73. The molecule has 28 heavy (non-hydrogen) atoms. The SMILES string of the molecule is Cc1ccc(-c2c(COc3ccccc3)c(C)nc(CC(C)C)c2CN)cc1. The van der Waals surface area contributed by atoms with E-state index in [0.29, 0.717) is 19.1 Å². The Balaban J connectivity index is 2.11. The second kappa shape index (κ2) is 9.03. The van der Waals surface area contributed by atoms with Gasteiger partial charge in [0.05, 0.1) is 0 Å². The van der Waals surface area contributed by atoms with Crippen molar-refractivity contribution in [1.29, 1.82) is 0 Å². The standard InChI is InChI=1S/C25H30N2O/c1-17(2)14-24-22(15-26)25(20-12-10-18(3)11-13-20)23(19(4)27-24)16-28-21-8-6-5-7-9-21/h5-13,17H,14-16,26H2,1-4H3. The first-order chi connectivity index (χ1) is 13.5. The summed E-state index contributed by atoms with van der Waals surface area (Å²) in [4.78, 5) is 4.94. The number of aryl methyl sites for hydroxylation is 2. The van der Waals surface area contributed by atoms with Gasteiger partial charge < -0.3 is 10.5 Å². The van der Waals surface area contributed by atoms with E-state index in [1.807, 2.05) is 30.3 Å². The van der Waals surface area contributed by atoms with Crippen LogP contribution in [0.5, 0.6) is 5.75 Å². The van der Waals surface area contributed by atoms with Gasteiger partial charge in [0, 0.05) is 23.5 Å². The van der Waals surface area contributed by atoms with Gasteiger partial charge in [0.1, 0.15) is 12.4 Å². The Hall–Kier alpha value is -2.65. The van der Waals surface area contributed by atoms with E-state index in [0.717, 1.165) is 34.7 Å². The molecule has 1 heterocycles. The molecule has 3 rings (SSSR count). The predicted molar refractivity (Wildman–Crippen MR) is 116 cm³/mol. The first kappa shape index (κ1) is 20.1. The molecule has 0 bridgehead atoms. The predicted octanol–water partition coefficient (Wildman–Crippen LogP) is 5.60. The minimum Gasteiger partial charge on any atom is -0.489 e. The summed E-state index contributed by atoms with van der Waals surface area (Å²) in [7, 11) is 0. The Morgan fingerprint density at radius 3 is 2.21 bits per heavy atom. The van der Waals surface area contributed by atoms with Crippen LogP contribution in [-0.2, 0) is 19.6 Å². The van der Waals surface area contributed by atoms with E-state index in [9.17, 15) is 0 Å². The van der Waals surface area contributed by atoms with Gasteiger partial charge in [0.25, 0.3) is 0 Å². The number of hydrogen-bond donors (Lipinski definition) is 1. The Morgan fingerprint density at radius 1 is 0.929 bits per heavy atom. The molecule has 0 aliphatic carbocycles. The Morgan fingerprint density at radius 2 is 1.61 bits per heavy atom. The van der Waals surface area contributed by atoms with Crippen LogP contribution in [0.1, 0.15) is 41.9 Å². The lowest BCUT2D eigenvalue weighted by molar-refractivity contribution is 0.305. The van der Waals surface area contributed by atoms with Gasteiger partial charge in [-0.25, -0.2) is 0 Å². The van der Waals surface area contributed by atoms with E-state index >= 15 is 0 Å². The quantitative estimate of drug-likeness (QED) is 0.585. The summed E-state index contributed by atoms with van der Waals surface area (Å²) in [6.45, 7) is 9.56. The monoisotopic (exact) mass is 374 g/mol. The average molecular weight is 375 g/mol. The highest BCUT2D eigenvalue weighted by Gasteiger charge is 2.19. The van der Waals surface area contributed by atoms with Crippen molar-refractivity contribution < 1.29 is 4.74 Å². The number of pyridine rings is 1. The van der Waals surface area contributed by atoms with E-state index in [1.54, 1.807) is 0 Å². The number of ether oxygens (including phenoxy) is 1. The summed E-state index contributed by atoms with van der Waals surface area (Å²) < 4.78 is 6.10. The maximum atomic E-state index is 6.24. The zero-order valence-corrected chi connectivity index (χ0v) is 17.3. The third kappa shape index (κ3) is 4.60. The average Bonchev–Trinajstić information content (AvgIpc) is 2.68. The van der Waals surface area contributed by atoms with Gasteiger partial charge >= 0.3 is 0 Å². The van der Waals surface area contributed by atoms with Crippen molar-refractivity contribution >= 4 is 0 Å². The van der Waals surface area contributed by atoms with E-state index < -0.39 is 0 Å². The molecule has 0 aliphatic rings. The van der Waals surface area contributed by atoms with Crippen molar-refractivity contribution in [1.82, 2.24) is 4.98 Å². The smallest absolute Gasteiger partial charge is 0.119 e. The lowest BCUT2D eigenvalue weighted by Gasteiger charge is -2.21. The van der Waals surface area contributed by atoms with Crippen molar-refractivity contribution in [2.75, 3.05) is 0 Å². The van der Waals surface area contributed by atoms with Crippen LogP contribution in [0, 0.1) is 19.8 Å². The molecule has 0 amide bonds. The number of nitrogens with two attached hydrogens (primary N) is 1. The van der Waals surface area contributed by atoms with Gasteiger partial charge in [-0.3, -0.25) is 4.98 Å². The molecular formula is C25H30N2O. The van der Waals surface area contributed by atoms with Gasteiger partial charge in [-0.1, -0.05) is 61.9 Å². The molecule has 0 atom stereocenters. The Bertz CT molecular complexity index is 916. The lowest BCUT2D eigenvalue weighted by atomic mass is 9.90. The first-order valence-electron chi connectivity index (χ1n) is 9.95. The molecule has 0 unspecified atom stereocenters.